The molecule has 2 aromatic carbocycles. The highest BCUT2D eigenvalue weighted by molar-refractivity contribution is 5.74. The van der Waals surface area contributed by atoms with Crippen molar-refractivity contribution in [3.8, 4) is 11.5 Å². The Morgan fingerprint density at radius 2 is 1.90 bits per heavy atom. The summed E-state index contributed by atoms with van der Waals surface area (Å²) < 4.78 is 38.2. The maximum absolute atomic E-state index is 14.2. The van der Waals surface area contributed by atoms with Gasteiger partial charge in [0.2, 0.25) is 6.79 Å². The van der Waals surface area contributed by atoms with Crippen LogP contribution in [0.2, 0.25) is 0 Å². The van der Waals surface area contributed by atoms with E-state index in [1.165, 1.54) is 12.1 Å². The second-order valence-corrected chi connectivity index (χ2v) is 7.74. The zero-order chi connectivity index (χ0) is 21.1. The second-order valence-electron chi connectivity index (χ2n) is 7.74. The quantitative estimate of drug-likeness (QED) is 0.809. The summed E-state index contributed by atoms with van der Waals surface area (Å²) in [6, 6.07) is 8.70. The Morgan fingerprint density at radius 3 is 2.67 bits per heavy atom. The van der Waals surface area contributed by atoms with Gasteiger partial charge in [-0.1, -0.05) is 12.1 Å². The molecule has 0 aromatic heterocycles. The predicted octanol–water partition coefficient (Wildman–Crippen LogP) is 3.50. The molecular formula is C22H25F2N3O3. The van der Waals surface area contributed by atoms with Gasteiger partial charge in [-0.15, -0.1) is 0 Å². The van der Waals surface area contributed by atoms with Gasteiger partial charge in [-0.2, -0.15) is 0 Å². The Balaban J connectivity index is 1.47. The third kappa shape index (κ3) is 4.64. The van der Waals surface area contributed by atoms with Crippen molar-refractivity contribution in [2.24, 2.45) is 0 Å². The first-order valence-corrected chi connectivity index (χ1v) is 10.0. The van der Waals surface area contributed by atoms with Crippen molar-refractivity contribution in [2.75, 3.05) is 26.9 Å². The first-order chi connectivity index (χ1) is 14.5. The van der Waals surface area contributed by atoms with E-state index in [0.717, 1.165) is 37.6 Å². The minimum absolute atomic E-state index is 0.0117. The lowest BCUT2D eigenvalue weighted by atomic mass is 10.0. The summed E-state index contributed by atoms with van der Waals surface area (Å²) in [5.74, 6) is 0.0676. The number of hydrogen-bond donors (Lipinski definition) is 1. The molecule has 0 aliphatic carbocycles. The SMILES string of the molecule is CN1CCC(N(Cc2ccc(F)cc2F)C(=O)NCc2ccc3c(c2)OCO3)CC1. The molecule has 2 amide bonds. The fourth-order valence-corrected chi connectivity index (χ4v) is 3.84. The molecule has 160 valence electrons. The summed E-state index contributed by atoms with van der Waals surface area (Å²) in [4.78, 5) is 16.9. The van der Waals surface area contributed by atoms with Crippen molar-refractivity contribution < 1.29 is 23.0 Å². The van der Waals surface area contributed by atoms with Gasteiger partial charge in [-0.3, -0.25) is 0 Å². The summed E-state index contributed by atoms with van der Waals surface area (Å²) in [7, 11) is 2.04. The van der Waals surface area contributed by atoms with Crippen molar-refractivity contribution in [2.45, 2.75) is 32.0 Å². The molecule has 0 saturated carbocycles. The lowest BCUT2D eigenvalue weighted by Crippen LogP contribution is -2.49. The van der Waals surface area contributed by atoms with Crippen LogP contribution in [0.1, 0.15) is 24.0 Å². The number of carbonyl (C=O) groups is 1. The molecule has 0 bridgehead atoms. The summed E-state index contributed by atoms with van der Waals surface area (Å²) in [5, 5.41) is 2.93. The topological polar surface area (TPSA) is 54.0 Å². The van der Waals surface area contributed by atoms with Crippen LogP contribution in [-0.4, -0.2) is 48.8 Å². The molecule has 30 heavy (non-hydrogen) atoms. The Labute approximate surface area is 174 Å². The van der Waals surface area contributed by atoms with Crippen molar-refractivity contribution in [1.82, 2.24) is 15.1 Å². The highest BCUT2D eigenvalue weighted by atomic mass is 19.1. The van der Waals surface area contributed by atoms with Gasteiger partial charge < -0.3 is 24.6 Å². The minimum Gasteiger partial charge on any atom is -0.454 e. The zero-order valence-electron chi connectivity index (χ0n) is 16.9. The van der Waals surface area contributed by atoms with Crippen molar-refractivity contribution in [1.29, 1.82) is 0 Å². The molecule has 2 aliphatic heterocycles. The van der Waals surface area contributed by atoms with Gasteiger partial charge >= 0.3 is 6.03 Å². The molecule has 8 heteroatoms. The summed E-state index contributed by atoms with van der Waals surface area (Å²) in [5.41, 5.74) is 1.18. The number of ether oxygens (including phenoxy) is 2. The Kier molecular flexibility index (Phi) is 6.03. The third-order valence-corrected chi connectivity index (χ3v) is 5.63. The molecule has 0 radical (unpaired) electrons. The molecule has 2 aliphatic rings. The Hall–Kier alpha value is -2.87. The number of hydrogen-bond acceptors (Lipinski definition) is 4. The monoisotopic (exact) mass is 417 g/mol. The molecule has 4 rings (SSSR count). The summed E-state index contributed by atoms with van der Waals surface area (Å²) in [6.07, 6.45) is 1.60. The molecule has 6 nitrogen and oxygen atoms in total. The first kappa shape index (κ1) is 20.4. The number of benzene rings is 2. The van der Waals surface area contributed by atoms with E-state index >= 15 is 0 Å². The van der Waals surface area contributed by atoms with E-state index in [0.29, 0.717) is 23.6 Å². The maximum Gasteiger partial charge on any atom is 0.318 e. The van der Waals surface area contributed by atoms with Gasteiger partial charge in [0.1, 0.15) is 11.6 Å². The highest BCUT2D eigenvalue weighted by Gasteiger charge is 2.28. The van der Waals surface area contributed by atoms with Crippen LogP contribution in [0.25, 0.3) is 0 Å². The average Bonchev–Trinajstić information content (AvgIpc) is 3.20. The van der Waals surface area contributed by atoms with Gasteiger partial charge in [-0.05, 0) is 56.7 Å². The molecule has 1 saturated heterocycles. The number of urea groups is 1. The fraction of sp³-hybridized carbons (Fsp3) is 0.409. The molecule has 1 N–H and O–H groups in total. The Morgan fingerprint density at radius 1 is 1.13 bits per heavy atom. The van der Waals surface area contributed by atoms with Crippen LogP contribution in [0.3, 0.4) is 0 Å². The van der Waals surface area contributed by atoms with Gasteiger partial charge in [0.15, 0.2) is 11.5 Å². The van der Waals surface area contributed by atoms with E-state index in [2.05, 4.69) is 10.2 Å². The van der Waals surface area contributed by atoms with Crippen LogP contribution in [0.15, 0.2) is 36.4 Å². The number of nitrogens with one attached hydrogen (secondary N) is 1. The molecule has 2 heterocycles. The number of halogens is 2. The Bertz CT molecular complexity index is 916. The number of rotatable bonds is 5. The van der Waals surface area contributed by atoms with Crippen LogP contribution in [0, 0.1) is 11.6 Å². The van der Waals surface area contributed by atoms with Crippen molar-refractivity contribution >= 4 is 6.03 Å². The first-order valence-electron chi connectivity index (χ1n) is 10.0. The van der Waals surface area contributed by atoms with Crippen LogP contribution in [0.4, 0.5) is 13.6 Å². The lowest BCUT2D eigenvalue weighted by molar-refractivity contribution is 0.126. The molecular weight excluding hydrogens is 392 g/mol. The number of nitrogens with zero attached hydrogens (tertiary/aromatic N) is 2. The van der Waals surface area contributed by atoms with Crippen molar-refractivity contribution in [3.63, 3.8) is 0 Å². The highest BCUT2D eigenvalue weighted by Crippen LogP contribution is 2.32. The van der Waals surface area contributed by atoms with Gasteiger partial charge in [0.25, 0.3) is 0 Å². The molecule has 0 atom stereocenters. The van der Waals surface area contributed by atoms with Crippen LogP contribution < -0.4 is 14.8 Å². The van der Waals surface area contributed by atoms with Crippen molar-refractivity contribution in [3.05, 3.63) is 59.2 Å². The number of carbonyl (C=O) groups excluding carboxylic acids is 1. The normalized spacial score (nSPS) is 16.5. The number of likely N-dealkylation sites (tertiary alicyclic amines) is 1. The average molecular weight is 417 g/mol. The van der Waals surface area contributed by atoms with E-state index in [-0.39, 0.29) is 25.4 Å². The van der Waals surface area contributed by atoms with E-state index in [1.807, 2.05) is 25.2 Å². The van der Waals surface area contributed by atoms with Crippen LogP contribution >= 0.6 is 0 Å². The van der Waals surface area contributed by atoms with E-state index in [9.17, 15) is 13.6 Å². The number of amides is 2. The maximum atomic E-state index is 14.2. The number of fused-ring (bicyclic) bond motifs is 1. The second kappa shape index (κ2) is 8.87. The fourth-order valence-electron chi connectivity index (χ4n) is 3.84. The van der Waals surface area contributed by atoms with Crippen LogP contribution in [-0.2, 0) is 13.1 Å². The van der Waals surface area contributed by atoms with Gasteiger partial charge in [0.05, 0.1) is 6.54 Å². The van der Waals surface area contributed by atoms with Crippen LogP contribution in [0.5, 0.6) is 11.5 Å². The molecule has 2 aromatic rings. The predicted molar refractivity (Wildman–Crippen MR) is 107 cm³/mol. The van der Waals surface area contributed by atoms with E-state index in [4.69, 9.17) is 9.47 Å². The number of piperidine rings is 1. The smallest absolute Gasteiger partial charge is 0.318 e. The lowest BCUT2D eigenvalue weighted by Gasteiger charge is -2.37. The molecule has 0 unspecified atom stereocenters. The van der Waals surface area contributed by atoms with Gasteiger partial charge in [0, 0.05) is 24.2 Å². The molecule has 1 fully saturated rings. The summed E-state index contributed by atoms with van der Waals surface area (Å²) >= 11 is 0. The minimum atomic E-state index is -0.642. The molecule has 0 spiro atoms. The standard InChI is InChI=1S/C22H25F2N3O3/c1-26-8-6-18(7-9-26)27(13-16-3-4-17(23)11-19(16)24)22(28)25-12-15-2-5-20-21(10-15)30-14-29-20/h2-5,10-11,18H,6-9,12-14H2,1H3,(H,25,28). The zero-order valence-corrected chi connectivity index (χ0v) is 16.9. The third-order valence-electron chi connectivity index (χ3n) is 5.63. The van der Waals surface area contributed by atoms with Gasteiger partial charge in [-0.25, -0.2) is 13.6 Å². The summed E-state index contributed by atoms with van der Waals surface area (Å²) in [6.45, 7) is 2.32. The largest absolute Gasteiger partial charge is 0.454 e. The van der Waals surface area contributed by atoms with E-state index in [1.54, 1.807) is 4.90 Å². The van der Waals surface area contributed by atoms with E-state index < -0.39 is 11.6 Å².